The van der Waals surface area contributed by atoms with Gasteiger partial charge in [-0.05, 0) is 31.2 Å². The molecule has 2 N–H and O–H groups in total. The average Bonchev–Trinajstić information content (AvgIpc) is 2.75. The molecule has 1 heterocycles. The van der Waals surface area contributed by atoms with Gasteiger partial charge in [-0.3, -0.25) is 5.10 Å². The van der Waals surface area contributed by atoms with Gasteiger partial charge in [0.1, 0.15) is 6.33 Å². The predicted octanol–water partition coefficient (Wildman–Crippen LogP) is 1.98. The van der Waals surface area contributed by atoms with Crippen LogP contribution < -0.4 is 5.32 Å². The van der Waals surface area contributed by atoms with E-state index in [0.29, 0.717) is 0 Å². The number of H-pyrrole nitrogens is 1. The molecule has 1 aromatic heterocycles. The molecule has 0 saturated carbocycles. The van der Waals surface area contributed by atoms with Crippen LogP contribution >= 0.6 is 11.8 Å². The Hall–Kier alpha value is -1.33. The highest BCUT2D eigenvalue weighted by Crippen LogP contribution is 2.27. The summed E-state index contributed by atoms with van der Waals surface area (Å²) < 4.78 is 0. The third-order valence-electron chi connectivity index (χ3n) is 2.22. The lowest BCUT2D eigenvalue weighted by Crippen LogP contribution is -2.05. The molecule has 0 aliphatic heterocycles. The summed E-state index contributed by atoms with van der Waals surface area (Å²) in [6.07, 6.45) is 1.52. The second-order valence-corrected chi connectivity index (χ2v) is 4.55. The first-order valence-corrected chi connectivity index (χ1v) is 5.88. The quantitative estimate of drug-likeness (QED) is 0.849. The van der Waals surface area contributed by atoms with Crippen LogP contribution in [0.15, 0.2) is 34.6 Å². The summed E-state index contributed by atoms with van der Waals surface area (Å²) in [6.45, 7) is 3.01. The summed E-state index contributed by atoms with van der Waals surface area (Å²) in [4.78, 5) is 5.30. The van der Waals surface area contributed by atoms with Gasteiger partial charge in [0.15, 0.2) is 5.16 Å². The maximum atomic E-state index is 4.10. The molecule has 2 aromatic rings. The highest BCUT2D eigenvalue weighted by atomic mass is 32.2. The number of aromatic nitrogens is 3. The van der Waals surface area contributed by atoms with E-state index in [4.69, 9.17) is 0 Å². The summed E-state index contributed by atoms with van der Waals surface area (Å²) in [5.74, 6) is 0. The van der Waals surface area contributed by atoms with Crippen LogP contribution in [0.25, 0.3) is 0 Å². The summed E-state index contributed by atoms with van der Waals surface area (Å²) in [5.41, 5.74) is 2.55. The van der Waals surface area contributed by atoms with Crippen LogP contribution in [0.4, 0.5) is 0 Å². The zero-order chi connectivity index (χ0) is 11.4. The molecule has 0 aliphatic carbocycles. The Morgan fingerprint density at radius 2 is 2.31 bits per heavy atom. The van der Waals surface area contributed by atoms with Gasteiger partial charge in [0.25, 0.3) is 0 Å². The van der Waals surface area contributed by atoms with E-state index < -0.39 is 0 Å². The zero-order valence-electron chi connectivity index (χ0n) is 9.32. The number of nitrogens with zero attached hydrogens (tertiary/aromatic N) is 2. The Balaban J connectivity index is 2.16. The molecule has 0 saturated heterocycles. The van der Waals surface area contributed by atoms with Crippen LogP contribution in [-0.2, 0) is 6.54 Å². The number of nitrogens with one attached hydrogen (secondary N) is 2. The third-order valence-corrected chi connectivity index (χ3v) is 3.29. The van der Waals surface area contributed by atoms with E-state index in [9.17, 15) is 0 Å². The first-order chi connectivity index (χ1) is 7.79. The van der Waals surface area contributed by atoms with Gasteiger partial charge < -0.3 is 5.32 Å². The lowest BCUT2D eigenvalue weighted by Gasteiger charge is -2.06. The van der Waals surface area contributed by atoms with Crippen LogP contribution in [0, 0.1) is 6.92 Å². The number of rotatable bonds is 4. The number of hydrogen-bond donors (Lipinski definition) is 2. The van der Waals surface area contributed by atoms with Crippen LogP contribution in [0.1, 0.15) is 11.1 Å². The number of aromatic amines is 1. The fourth-order valence-corrected chi connectivity index (χ4v) is 2.25. The molecule has 0 spiro atoms. The second kappa shape index (κ2) is 5.14. The van der Waals surface area contributed by atoms with Crippen LogP contribution in [0.2, 0.25) is 0 Å². The largest absolute Gasteiger partial charge is 0.316 e. The van der Waals surface area contributed by atoms with E-state index in [1.165, 1.54) is 22.3 Å². The SMILES string of the molecule is CNCc1ccc(Sc2ncn[nH]2)c(C)c1. The Kier molecular flexibility index (Phi) is 3.58. The van der Waals surface area contributed by atoms with Gasteiger partial charge in [0.2, 0.25) is 0 Å². The maximum absolute atomic E-state index is 4.10. The Morgan fingerprint density at radius 1 is 1.44 bits per heavy atom. The van der Waals surface area contributed by atoms with Gasteiger partial charge in [-0.15, -0.1) is 0 Å². The molecule has 0 bridgehead atoms. The number of hydrogen-bond acceptors (Lipinski definition) is 4. The van der Waals surface area contributed by atoms with Gasteiger partial charge >= 0.3 is 0 Å². The Morgan fingerprint density at radius 3 is 2.94 bits per heavy atom. The van der Waals surface area contributed by atoms with Crippen LogP contribution in [0.3, 0.4) is 0 Å². The standard InChI is InChI=1S/C11H14N4S/c1-8-5-9(6-12-2)3-4-10(8)16-11-13-7-14-15-11/h3-5,7,12H,6H2,1-2H3,(H,13,14,15). The third kappa shape index (κ3) is 2.62. The lowest BCUT2D eigenvalue weighted by atomic mass is 10.1. The fourth-order valence-electron chi connectivity index (χ4n) is 1.49. The van der Waals surface area contributed by atoms with E-state index >= 15 is 0 Å². The normalized spacial score (nSPS) is 10.6. The van der Waals surface area contributed by atoms with E-state index in [0.717, 1.165) is 11.7 Å². The minimum Gasteiger partial charge on any atom is -0.316 e. The molecule has 0 aliphatic rings. The number of benzene rings is 1. The van der Waals surface area contributed by atoms with Crippen molar-refractivity contribution in [3.63, 3.8) is 0 Å². The molecule has 0 amide bonds. The van der Waals surface area contributed by atoms with Crippen molar-refractivity contribution < 1.29 is 0 Å². The molecule has 0 atom stereocenters. The van der Waals surface area contributed by atoms with E-state index in [2.05, 4.69) is 45.6 Å². The van der Waals surface area contributed by atoms with Gasteiger partial charge in [-0.25, -0.2) is 4.98 Å². The van der Waals surface area contributed by atoms with Crippen molar-refractivity contribution >= 4 is 11.8 Å². The van der Waals surface area contributed by atoms with Crippen molar-refractivity contribution in [1.29, 1.82) is 0 Å². The molecule has 0 unspecified atom stereocenters. The molecule has 1 aromatic carbocycles. The summed E-state index contributed by atoms with van der Waals surface area (Å²) >= 11 is 1.60. The first kappa shape index (κ1) is 11.2. The van der Waals surface area contributed by atoms with Crippen molar-refractivity contribution in [2.45, 2.75) is 23.5 Å². The average molecular weight is 234 g/mol. The molecule has 16 heavy (non-hydrogen) atoms. The fraction of sp³-hybridized carbons (Fsp3) is 0.273. The molecule has 0 radical (unpaired) electrons. The van der Waals surface area contributed by atoms with Crippen molar-refractivity contribution in [1.82, 2.24) is 20.5 Å². The second-order valence-electron chi connectivity index (χ2n) is 3.52. The van der Waals surface area contributed by atoms with Crippen molar-refractivity contribution in [2.24, 2.45) is 0 Å². The van der Waals surface area contributed by atoms with Gasteiger partial charge in [0, 0.05) is 11.4 Å². The van der Waals surface area contributed by atoms with E-state index in [1.54, 1.807) is 11.8 Å². The minimum atomic E-state index is 0.824. The molecule has 2 rings (SSSR count). The predicted molar refractivity (Wildman–Crippen MR) is 64.4 cm³/mol. The van der Waals surface area contributed by atoms with E-state index in [1.807, 2.05) is 7.05 Å². The molecule has 84 valence electrons. The Bertz CT molecular complexity index is 453. The lowest BCUT2D eigenvalue weighted by molar-refractivity contribution is 0.815. The summed E-state index contributed by atoms with van der Waals surface area (Å²) in [6, 6.07) is 6.44. The Labute approximate surface area is 98.9 Å². The van der Waals surface area contributed by atoms with Crippen molar-refractivity contribution in [3.8, 4) is 0 Å². The molecular weight excluding hydrogens is 220 g/mol. The van der Waals surface area contributed by atoms with Gasteiger partial charge in [0.05, 0.1) is 0 Å². The van der Waals surface area contributed by atoms with Crippen LogP contribution in [-0.4, -0.2) is 22.2 Å². The molecular formula is C11H14N4S. The first-order valence-electron chi connectivity index (χ1n) is 5.07. The number of aryl methyl sites for hydroxylation is 1. The topological polar surface area (TPSA) is 53.6 Å². The molecule has 4 nitrogen and oxygen atoms in total. The summed E-state index contributed by atoms with van der Waals surface area (Å²) in [7, 11) is 1.95. The molecule has 5 heteroatoms. The van der Waals surface area contributed by atoms with Crippen LogP contribution in [0.5, 0.6) is 0 Å². The van der Waals surface area contributed by atoms with Gasteiger partial charge in [-0.1, -0.05) is 23.9 Å². The van der Waals surface area contributed by atoms with Gasteiger partial charge in [-0.2, -0.15) is 5.10 Å². The molecule has 0 fully saturated rings. The monoisotopic (exact) mass is 234 g/mol. The maximum Gasteiger partial charge on any atom is 0.188 e. The minimum absolute atomic E-state index is 0.824. The summed E-state index contributed by atoms with van der Waals surface area (Å²) in [5, 5.41) is 10.6. The van der Waals surface area contributed by atoms with E-state index in [-0.39, 0.29) is 0 Å². The van der Waals surface area contributed by atoms with Crippen molar-refractivity contribution in [2.75, 3.05) is 7.05 Å². The highest BCUT2D eigenvalue weighted by molar-refractivity contribution is 7.99. The highest BCUT2D eigenvalue weighted by Gasteiger charge is 2.04. The van der Waals surface area contributed by atoms with Crippen molar-refractivity contribution in [3.05, 3.63) is 35.7 Å². The smallest absolute Gasteiger partial charge is 0.188 e. The zero-order valence-corrected chi connectivity index (χ0v) is 10.1.